The third kappa shape index (κ3) is 5.13. The Bertz CT molecular complexity index is 589. The van der Waals surface area contributed by atoms with Gasteiger partial charge in [0, 0.05) is 16.1 Å². The van der Waals surface area contributed by atoms with Gasteiger partial charge in [0.2, 0.25) is 0 Å². The number of benzene rings is 1. The van der Waals surface area contributed by atoms with Crippen molar-refractivity contribution in [1.29, 1.82) is 0 Å². The average Bonchev–Trinajstić information content (AvgIpc) is 2.73. The molecule has 1 fully saturated rings. The third-order valence-corrected chi connectivity index (χ3v) is 6.35. The second-order valence-corrected chi connectivity index (χ2v) is 8.77. The molecule has 2 unspecified atom stereocenters. The van der Waals surface area contributed by atoms with Gasteiger partial charge in [-0.3, -0.25) is 0 Å². The summed E-state index contributed by atoms with van der Waals surface area (Å²) >= 11 is 12.2. The molecule has 1 saturated heterocycles. The van der Waals surface area contributed by atoms with Crippen molar-refractivity contribution in [1.82, 2.24) is 5.32 Å². The van der Waals surface area contributed by atoms with Crippen LogP contribution in [-0.2, 0) is 16.3 Å². The summed E-state index contributed by atoms with van der Waals surface area (Å²) in [6, 6.07) is 5.70. The average molecular weight is 350 g/mol. The summed E-state index contributed by atoms with van der Waals surface area (Å²) in [6.07, 6.45) is 2.40. The first-order valence-electron chi connectivity index (χ1n) is 7.27. The van der Waals surface area contributed by atoms with Crippen molar-refractivity contribution in [3.63, 3.8) is 0 Å². The van der Waals surface area contributed by atoms with Crippen LogP contribution in [0.25, 0.3) is 0 Å². The maximum Gasteiger partial charge on any atom is 0.150 e. The van der Waals surface area contributed by atoms with Gasteiger partial charge in [0.15, 0.2) is 9.84 Å². The van der Waals surface area contributed by atoms with Crippen LogP contribution in [0.2, 0.25) is 10.0 Å². The Morgan fingerprint density at radius 2 is 2.14 bits per heavy atom. The molecule has 1 aliphatic heterocycles. The van der Waals surface area contributed by atoms with Gasteiger partial charge in [0.25, 0.3) is 0 Å². The molecule has 1 aromatic rings. The van der Waals surface area contributed by atoms with E-state index < -0.39 is 9.84 Å². The monoisotopic (exact) mass is 349 g/mol. The minimum absolute atomic E-state index is 0.226. The highest BCUT2D eigenvalue weighted by molar-refractivity contribution is 7.91. The van der Waals surface area contributed by atoms with Gasteiger partial charge < -0.3 is 5.32 Å². The predicted molar refractivity (Wildman–Crippen MR) is 89.0 cm³/mol. The lowest BCUT2D eigenvalue weighted by Gasteiger charge is -2.21. The second kappa shape index (κ2) is 7.32. The van der Waals surface area contributed by atoms with Crippen LogP contribution in [0.15, 0.2) is 18.2 Å². The molecule has 6 heteroatoms. The molecule has 1 N–H and O–H groups in total. The fraction of sp³-hybridized carbons (Fsp3) is 0.600. The van der Waals surface area contributed by atoms with Crippen LogP contribution >= 0.6 is 23.2 Å². The van der Waals surface area contributed by atoms with Crippen molar-refractivity contribution in [3.8, 4) is 0 Å². The van der Waals surface area contributed by atoms with Crippen LogP contribution in [0.3, 0.4) is 0 Å². The fourth-order valence-corrected chi connectivity index (χ4v) is 5.22. The van der Waals surface area contributed by atoms with Crippen LogP contribution in [0.1, 0.15) is 25.3 Å². The van der Waals surface area contributed by atoms with Crippen molar-refractivity contribution >= 4 is 33.0 Å². The highest BCUT2D eigenvalue weighted by Gasteiger charge is 2.29. The van der Waals surface area contributed by atoms with E-state index in [2.05, 4.69) is 12.2 Å². The normalized spacial score (nSPS) is 22.3. The molecule has 0 amide bonds. The van der Waals surface area contributed by atoms with Crippen LogP contribution < -0.4 is 5.32 Å². The molecule has 118 valence electrons. The maximum atomic E-state index is 11.6. The van der Waals surface area contributed by atoms with Gasteiger partial charge in [-0.25, -0.2) is 8.42 Å². The van der Waals surface area contributed by atoms with Gasteiger partial charge in [-0.2, -0.15) is 0 Å². The lowest BCUT2D eigenvalue weighted by atomic mass is 9.94. The fourth-order valence-electron chi connectivity index (χ4n) is 2.95. The van der Waals surface area contributed by atoms with Crippen LogP contribution in [-0.4, -0.2) is 32.5 Å². The molecular weight excluding hydrogens is 329 g/mol. The smallest absolute Gasteiger partial charge is 0.150 e. The molecule has 0 aliphatic carbocycles. The first-order chi connectivity index (χ1) is 9.89. The van der Waals surface area contributed by atoms with Gasteiger partial charge >= 0.3 is 0 Å². The number of rotatable bonds is 6. The minimum Gasteiger partial charge on any atom is -0.314 e. The Hall–Kier alpha value is -0.290. The van der Waals surface area contributed by atoms with Crippen molar-refractivity contribution in [2.24, 2.45) is 5.92 Å². The number of nitrogens with one attached hydrogen (secondary N) is 1. The number of likely N-dealkylation sites (N-methyl/N-ethyl adjacent to an activating group) is 1. The minimum atomic E-state index is -2.82. The summed E-state index contributed by atoms with van der Waals surface area (Å²) in [4.78, 5) is 0. The number of sulfone groups is 1. The van der Waals surface area contributed by atoms with Crippen LogP contribution in [0.4, 0.5) is 0 Å². The molecule has 1 aliphatic rings. The first-order valence-corrected chi connectivity index (χ1v) is 9.85. The molecule has 0 saturated carbocycles. The van der Waals surface area contributed by atoms with E-state index in [0.717, 1.165) is 31.4 Å². The van der Waals surface area contributed by atoms with Crippen molar-refractivity contribution in [2.45, 2.75) is 32.2 Å². The van der Waals surface area contributed by atoms with E-state index in [9.17, 15) is 8.42 Å². The standard InChI is InChI=1S/C15H21Cl2NO2S/c1-2-18-14(7-11-5-6-21(19,20)10-11)9-12-8-13(16)3-4-15(12)17/h3-4,8,11,14,18H,2,5-7,9-10H2,1H3. The van der Waals surface area contributed by atoms with Gasteiger partial charge in [0.1, 0.15) is 0 Å². The molecule has 2 rings (SSSR count). The van der Waals surface area contributed by atoms with Gasteiger partial charge in [-0.1, -0.05) is 30.1 Å². The molecule has 2 atom stereocenters. The zero-order valence-corrected chi connectivity index (χ0v) is 14.4. The summed E-state index contributed by atoms with van der Waals surface area (Å²) in [5, 5.41) is 4.82. The van der Waals surface area contributed by atoms with E-state index in [1.54, 1.807) is 6.07 Å². The number of hydrogen-bond donors (Lipinski definition) is 1. The first kappa shape index (κ1) is 17.1. The zero-order valence-electron chi connectivity index (χ0n) is 12.1. The van der Waals surface area contributed by atoms with Crippen molar-refractivity contribution in [3.05, 3.63) is 33.8 Å². The molecule has 1 aromatic carbocycles. The Morgan fingerprint density at radius 3 is 2.76 bits per heavy atom. The van der Waals surface area contributed by atoms with E-state index in [1.165, 1.54) is 0 Å². The van der Waals surface area contributed by atoms with Gasteiger partial charge in [0.05, 0.1) is 11.5 Å². The summed E-state index contributed by atoms with van der Waals surface area (Å²) in [5.74, 6) is 0.893. The van der Waals surface area contributed by atoms with Crippen LogP contribution in [0.5, 0.6) is 0 Å². The number of halogens is 2. The highest BCUT2D eigenvalue weighted by Crippen LogP contribution is 2.27. The van der Waals surface area contributed by atoms with E-state index in [4.69, 9.17) is 23.2 Å². The molecule has 0 radical (unpaired) electrons. The van der Waals surface area contributed by atoms with E-state index in [-0.39, 0.29) is 12.0 Å². The summed E-state index contributed by atoms with van der Waals surface area (Å²) in [7, 11) is -2.82. The molecule has 3 nitrogen and oxygen atoms in total. The molecule has 0 aromatic heterocycles. The van der Waals surface area contributed by atoms with Crippen LogP contribution in [0, 0.1) is 5.92 Å². The highest BCUT2D eigenvalue weighted by atomic mass is 35.5. The van der Waals surface area contributed by atoms with Gasteiger partial charge in [-0.05, 0) is 55.5 Å². The maximum absolute atomic E-state index is 11.6. The van der Waals surface area contributed by atoms with Crippen molar-refractivity contribution in [2.75, 3.05) is 18.1 Å². The number of hydrogen-bond acceptors (Lipinski definition) is 3. The summed E-state index contributed by atoms with van der Waals surface area (Å²) in [5.41, 5.74) is 1.01. The quantitative estimate of drug-likeness (QED) is 0.856. The van der Waals surface area contributed by atoms with Gasteiger partial charge in [-0.15, -0.1) is 0 Å². The molecular formula is C15H21Cl2NO2S. The van der Waals surface area contributed by atoms with Crippen molar-refractivity contribution < 1.29 is 8.42 Å². The topological polar surface area (TPSA) is 46.2 Å². The van der Waals surface area contributed by atoms with E-state index >= 15 is 0 Å². The zero-order chi connectivity index (χ0) is 15.5. The Balaban J connectivity index is 2.03. The molecule has 0 bridgehead atoms. The summed E-state index contributed by atoms with van der Waals surface area (Å²) < 4.78 is 23.2. The lowest BCUT2D eigenvalue weighted by molar-refractivity contribution is 0.409. The lowest BCUT2D eigenvalue weighted by Crippen LogP contribution is -2.33. The Kier molecular flexibility index (Phi) is 5.95. The Labute approximate surface area is 136 Å². The van der Waals surface area contributed by atoms with E-state index in [1.807, 2.05) is 12.1 Å². The predicted octanol–water partition coefficient (Wildman–Crippen LogP) is 3.34. The second-order valence-electron chi connectivity index (χ2n) is 5.70. The summed E-state index contributed by atoms with van der Waals surface area (Å²) in [6.45, 7) is 2.90. The molecule has 0 spiro atoms. The van der Waals surface area contributed by atoms with E-state index in [0.29, 0.717) is 21.6 Å². The Morgan fingerprint density at radius 1 is 1.38 bits per heavy atom. The third-order valence-electron chi connectivity index (χ3n) is 3.91. The largest absolute Gasteiger partial charge is 0.314 e. The molecule has 21 heavy (non-hydrogen) atoms. The SMILES string of the molecule is CCNC(Cc1cc(Cl)ccc1Cl)CC1CCS(=O)(=O)C1. The molecule has 1 heterocycles.